The molecule has 0 bridgehead atoms. The van der Waals surface area contributed by atoms with Gasteiger partial charge in [0.15, 0.2) is 5.78 Å². The average Bonchev–Trinajstić information content (AvgIpc) is 1.84. The number of Topliss-reactive ketones (excluding diaryl/α,β-unsaturated/α-hetero) is 1. The van der Waals surface area contributed by atoms with Gasteiger partial charge in [0.1, 0.15) is 6.10 Å². The molecule has 4 heteroatoms. The van der Waals surface area contributed by atoms with E-state index in [1.165, 1.54) is 6.92 Å². The molecule has 2 atom stereocenters. The molecule has 0 aliphatic carbocycles. The minimum atomic E-state index is -1.38. The third-order valence-electron chi connectivity index (χ3n) is 1.28. The third kappa shape index (κ3) is 2.14. The number of hydrogen-bond acceptors (Lipinski definition) is 3. The minimum absolute atomic E-state index is 0.519. The molecule has 0 unspecified atom stereocenters. The number of carboxylic acid groups (broad SMARTS) is 1. The fourth-order valence-corrected chi connectivity index (χ4v) is 0.487. The van der Waals surface area contributed by atoms with E-state index in [1.807, 2.05) is 0 Å². The molecule has 0 spiro atoms. The summed E-state index contributed by atoms with van der Waals surface area (Å²) in [7, 11) is 0. The van der Waals surface area contributed by atoms with Gasteiger partial charge in [-0.2, -0.15) is 0 Å². The van der Waals surface area contributed by atoms with Crippen molar-refractivity contribution in [3.8, 4) is 0 Å². The van der Waals surface area contributed by atoms with Gasteiger partial charge in [-0.1, -0.05) is 0 Å². The van der Waals surface area contributed by atoms with E-state index in [9.17, 15) is 9.59 Å². The zero-order valence-corrected chi connectivity index (χ0v) is 5.87. The topological polar surface area (TPSA) is 74.6 Å². The van der Waals surface area contributed by atoms with Crippen LogP contribution in [0.25, 0.3) is 0 Å². The molecule has 0 amide bonds. The standard InChI is InChI=1S/C6H10O4/c1-3(6(9)10)5(8)4(2)7/h3,5,8H,1-2H3,(H,9,10)/t3-,5-/m1/s1. The van der Waals surface area contributed by atoms with Crippen LogP contribution >= 0.6 is 0 Å². The Balaban J connectivity index is 4.07. The Hall–Kier alpha value is -0.900. The summed E-state index contributed by atoms with van der Waals surface area (Å²) < 4.78 is 0. The SMILES string of the molecule is CC(=O)[C@H](O)[C@@H](C)C(=O)O. The molecule has 0 aromatic heterocycles. The van der Waals surface area contributed by atoms with E-state index < -0.39 is 23.8 Å². The van der Waals surface area contributed by atoms with Gasteiger partial charge in [-0.3, -0.25) is 9.59 Å². The fourth-order valence-electron chi connectivity index (χ4n) is 0.487. The molecular weight excluding hydrogens is 136 g/mol. The zero-order chi connectivity index (χ0) is 8.31. The first-order valence-electron chi connectivity index (χ1n) is 2.88. The number of aliphatic hydroxyl groups is 1. The molecule has 0 saturated heterocycles. The molecule has 4 nitrogen and oxygen atoms in total. The van der Waals surface area contributed by atoms with Crippen LogP contribution in [0.2, 0.25) is 0 Å². The van der Waals surface area contributed by atoms with Crippen LogP contribution in [0.5, 0.6) is 0 Å². The van der Waals surface area contributed by atoms with Crippen molar-refractivity contribution in [3.63, 3.8) is 0 Å². The zero-order valence-electron chi connectivity index (χ0n) is 5.87. The van der Waals surface area contributed by atoms with Crippen molar-refractivity contribution in [1.82, 2.24) is 0 Å². The van der Waals surface area contributed by atoms with E-state index in [2.05, 4.69) is 0 Å². The van der Waals surface area contributed by atoms with Crippen LogP contribution < -0.4 is 0 Å². The van der Waals surface area contributed by atoms with Crippen molar-refractivity contribution in [3.05, 3.63) is 0 Å². The lowest BCUT2D eigenvalue weighted by Gasteiger charge is -2.09. The van der Waals surface area contributed by atoms with Crippen LogP contribution in [0.1, 0.15) is 13.8 Å². The van der Waals surface area contributed by atoms with Gasteiger partial charge >= 0.3 is 5.97 Å². The van der Waals surface area contributed by atoms with Gasteiger partial charge in [0, 0.05) is 0 Å². The summed E-state index contributed by atoms with van der Waals surface area (Å²) in [6.07, 6.45) is -1.38. The maximum absolute atomic E-state index is 10.4. The number of aliphatic hydroxyl groups excluding tert-OH is 1. The lowest BCUT2D eigenvalue weighted by molar-refractivity contribution is -0.148. The Morgan fingerprint density at radius 1 is 1.40 bits per heavy atom. The molecule has 0 rings (SSSR count). The molecule has 58 valence electrons. The fraction of sp³-hybridized carbons (Fsp3) is 0.667. The highest BCUT2D eigenvalue weighted by Gasteiger charge is 2.24. The molecule has 0 saturated carbocycles. The Morgan fingerprint density at radius 3 is 1.90 bits per heavy atom. The minimum Gasteiger partial charge on any atom is -0.481 e. The van der Waals surface area contributed by atoms with Gasteiger partial charge in [0.25, 0.3) is 0 Å². The first-order chi connectivity index (χ1) is 4.46. The largest absolute Gasteiger partial charge is 0.481 e. The molecule has 2 N–H and O–H groups in total. The molecular formula is C6H10O4. The first-order valence-corrected chi connectivity index (χ1v) is 2.88. The molecule has 10 heavy (non-hydrogen) atoms. The predicted octanol–water partition coefficient (Wildman–Crippen LogP) is -0.343. The maximum atomic E-state index is 10.4. The van der Waals surface area contributed by atoms with E-state index in [1.54, 1.807) is 0 Å². The van der Waals surface area contributed by atoms with E-state index in [0.29, 0.717) is 0 Å². The summed E-state index contributed by atoms with van der Waals surface area (Å²) >= 11 is 0. The number of rotatable bonds is 3. The van der Waals surface area contributed by atoms with Crippen LogP contribution in [0.4, 0.5) is 0 Å². The summed E-state index contributed by atoms with van der Waals surface area (Å²) in [5.74, 6) is -2.70. The van der Waals surface area contributed by atoms with E-state index in [4.69, 9.17) is 10.2 Å². The summed E-state index contributed by atoms with van der Waals surface area (Å²) in [4.78, 5) is 20.5. The molecule has 0 aromatic carbocycles. The average molecular weight is 146 g/mol. The second-order valence-corrected chi connectivity index (χ2v) is 2.18. The summed E-state index contributed by atoms with van der Waals surface area (Å²) in [6.45, 7) is 2.44. The van der Waals surface area contributed by atoms with Crippen molar-refractivity contribution < 1.29 is 19.8 Å². The molecule has 0 radical (unpaired) electrons. The second-order valence-electron chi connectivity index (χ2n) is 2.18. The maximum Gasteiger partial charge on any atom is 0.309 e. The van der Waals surface area contributed by atoms with E-state index in [-0.39, 0.29) is 0 Å². The third-order valence-corrected chi connectivity index (χ3v) is 1.28. The van der Waals surface area contributed by atoms with Crippen LogP contribution in [0.15, 0.2) is 0 Å². The van der Waals surface area contributed by atoms with Crippen LogP contribution in [-0.2, 0) is 9.59 Å². The van der Waals surface area contributed by atoms with Crippen LogP contribution in [0, 0.1) is 5.92 Å². The van der Waals surface area contributed by atoms with E-state index in [0.717, 1.165) is 6.92 Å². The monoisotopic (exact) mass is 146 g/mol. The van der Waals surface area contributed by atoms with Gasteiger partial charge in [0.2, 0.25) is 0 Å². The summed E-state index contributed by atoms with van der Waals surface area (Å²) in [5, 5.41) is 17.1. The molecule has 0 aliphatic heterocycles. The predicted molar refractivity (Wildman–Crippen MR) is 33.5 cm³/mol. The van der Waals surface area contributed by atoms with Crippen molar-refractivity contribution in [1.29, 1.82) is 0 Å². The van der Waals surface area contributed by atoms with Crippen molar-refractivity contribution in [2.75, 3.05) is 0 Å². The molecule has 0 aliphatic rings. The summed E-state index contributed by atoms with van der Waals surface area (Å²) in [6, 6.07) is 0. The number of carboxylic acids is 1. The summed E-state index contributed by atoms with van der Waals surface area (Å²) in [5.41, 5.74) is 0. The van der Waals surface area contributed by atoms with Crippen LogP contribution in [-0.4, -0.2) is 28.1 Å². The Labute approximate surface area is 58.5 Å². The smallest absolute Gasteiger partial charge is 0.309 e. The van der Waals surface area contributed by atoms with Crippen molar-refractivity contribution in [2.24, 2.45) is 5.92 Å². The van der Waals surface area contributed by atoms with E-state index >= 15 is 0 Å². The highest BCUT2D eigenvalue weighted by Crippen LogP contribution is 2.03. The number of hydrogen-bond donors (Lipinski definition) is 2. The first kappa shape index (κ1) is 9.10. The Morgan fingerprint density at radius 2 is 1.80 bits per heavy atom. The Kier molecular flexibility index (Phi) is 3.02. The number of carbonyl (C=O) groups is 2. The van der Waals surface area contributed by atoms with Gasteiger partial charge in [-0.25, -0.2) is 0 Å². The van der Waals surface area contributed by atoms with Crippen LogP contribution in [0.3, 0.4) is 0 Å². The normalized spacial score (nSPS) is 15.9. The van der Waals surface area contributed by atoms with Gasteiger partial charge < -0.3 is 10.2 Å². The van der Waals surface area contributed by atoms with Crippen molar-refractivity contribution in [2.45, 2.75) is 20.0 Å². The highest BCUT2D eigenvalue weighted by molar-refractivity contribution is 5.85. The number of ketones is 1. The van der Waals surface area contributed by atoms with Gasteiger partial charge in [0.05, 0.1) is 5.92 Å². The number of carbonyl (C=O) groups excluding carboxylic acids is 1. The second kappa shape index (κ2) is 3.31. The lowest BCUT2D eigenvalue weighted by Crippen LogP contribution is -2.31. The number of aliphatic carboxylic acids is 1. The lowest BCUT2D eigenvalue weighted by atomic mass is 10.0. The Bertz CT molecular complexity index is 134. The van der Waals surface area contributed by atoms with Crippen molar-refractivity contribution >= 4 is 11.8 Å². The quantitative estimate of drug-likeness (QED) is 0.571. The molecule has 0 aromatic rings. The van der Waals surface area contributed by atoms with Gasteiger partial charge in [-0.15, -0.1) is 0 Å². The molecule has 0 fully saturated rings. The highest BCUT2D eigenvalue weighted by atomic mass is 16.4. The molecule has 0 heterocycles. The van der Waals surface area contributed by atoms with Gasteiger partial charge in [-0.05, 0) is 13.8 Å².